The van der Waals surface area contributed by atoms with Gasteiger partial charge in [-0.2, -0.15) is 15.0 Å². The van der Waals surface area contributed by atoms with Gasteiger partial charge in [0.1, 0.15) is 11.6 Å². The predicted octanol–water partition coefficient (Wildman–Crippen LogP) is 2.88. The van der Waals surface area contributed by atoms with Crippen LogP contribution in [0.25, 0.3) is 10.9 Å². The van der Waals surface area contributed by atoms with Gasteiger partial charge in [0, 0.05) is 12.7 Å². The molecule has 0 spiro atoms. The summed E-state index contributed by atoms with van der Waals surface area (Å²) in [6.45, 7) is 0. The summed E-state index contributed by atoms with van der Waals surface area (Å²) < 4.78 is 14.5. The summed E-state index contributed by atoms with van der Waals surface area (Å²) in [4.78, 5) is 29.6. The van der Waals surface area contributed by atoms with E-state index in [4.69, 9.17) is 5.73 Å². The van der Waals surface area contributed by atoms with Crippen molar-refractivity contribution in [1.82, 2.24) is 24.5 Å². The highest BCUT2D eigenvalue weighted by molar-refractivity contribution is 7.98. The third kappa shape index (κ3) is 4.16. The number of thioether (sulfide) groups is 1. The van der Waals surface area contributed by atoms with Crippen LogP contribution in [0, 0.1) is 5.82 Å². The number of halogens is 1. The first-order valence-electron chi connectivity index (χ1n) is 8.61. The number of anilines is 3. The van der Waals surface area contributed by atoms with Crippen molar-refractivity contribution in [3.63, 3.8) is 0 Å². The van der Waals surface area contributed by atoms with E-state index in [1.165, 1.54) is 28.5 Å². The number of fused-ring (bicyclic) bond motifs is 1. The van der Waals surface area contributed by atoms with Gasteiger partial charge < -0.3 is 11.1 Å². The van der Waals surface area contributed by atoms with Gasteiger partial charge in [0.2, 0.25) is 11.9 Å². The van der Waals surface area contributed by atoms with E-state index < -0.39 is 0 Å². The first kappa shape index (κ1) is 18.8. The second kappa shape index (κ2) is 7.84. The lowest BCUT2D eigenvalue weighted by Crippen LogP contribution is -2.20. The molecule has 0 aliphatic rings. The van der Waals surface area contributed by atoms with Gasteiger partial charge in [-0.1, -0.05) is 23.9 Å². The highest BCUT2D eigenvalue weighted by Gasteiger charge is 2.11. The molecular formula is C19H16FN7OS. The molecule has 4 rings (SSSR count). The van der Waals surface area contributed by atoms with Crippen LogP contribution in [0.1, 0.15) is 5.82 Å². The summed E-state index contributed by atoms with van der Waals surface area (Å²) in [7, 11) is 1.67. The van der Waals surface area contributed by atoms with Gasteiger partial charge in [0.25, 0.3) is 5.56 Å². The Bertz CT molecular complexity index is 1240. The Labute approximate surface area is 169 Å². The van der Waals surface area contributed by atoms with Crippen molar-refractivity contribution in [3.8, 4) is 0 Å². The Kier molecular flexibility index (Phi) is 5.09. The third-order valence-electron chi connectivity index (χ3n) is 4.07. The van der Waals surface area contributed by atoms with Crippen molar-refractivity contribution in [2.24, 2.45) is 7.05 Å². The van der Waals surface area contributed by atoms with Crippen LogP contribution in [0.15, 0.2) is 58.5 Å². The largest absolute Gasteiger partial charge is 0.368 e. The highest BCUT2D eigenvalue weighted by Crippen LogP contribution is 2.21. The first-order chi connectivity index (χ1) is 14.0. The van der Waals surface area contributed by atoms with Crippen LogP contribution in [0.4, 0.5) is 22.0 Å². The molecule has 8 nitrogen and oxygen atoms in total. The Morgan fingerprint density at radius 2 is 1.83 bits per heavy atom. The molecule has 0 atom stereocenters. The van der Waals surface area contributed by atoms with Crippen LogP contribution in [-0.4, -0.2) is 24.5 Å². The van der Waals surface area contributed by atoms with E-state index in [2.05, 4.69) is 25.3 Å². The average molecular weight is 409 g/mol. The fraction of sp³-hybridized carbons (Fsp3) is 0.105. The number of nitrogens with zero attached hydrogens (tertiary/aromatic N) is 5. The Balaban J connectivity index is 1.56. The Hall–Kier alpha value is -3.53. The van der Waals surface area contributed by atoms with Gasteiger partial charge in [-0.3, -0.25) is 9.36 Å². The van der Waals surface area contributed by atoms with Crippen LogP contribution < -0.4 is 16.6 Å². The Morgan fingerprint density at radius 3 is 2.62 bits per heavy atom. The first-order valence-corrected chi connectivity index (χ1v) is 9.60. The molecule has 146 valence electrons. The Morgan fingerprint density at radius 1 is 1.07 bits per heavy atom. The standard InChI is InChI=1S/C19H16FN7OS/c1-27-16(28)13-4-2-3-5-14(13)23-19(27)29-10-15-24-17(21)26-18(25-15)22-12-8-6-11(20)7-9-12/h2-9H,10H2,1H3,(H3,21,22,24,25,26). The van der Waals surface area contributed by atoms with Gasteiger partial charge in [-0.25, -0.2) is 9.37 Å². The summed E-state index contributed by atoms with van der Waals surface area (Å²) in [6, 6.07) is 13.0. The number of hydrogen-bond donors (Lipinski definition) is 2. The number of nitrogens with two attached hydrogens (primary N) is 1. The molecule has 0 saturated heterocycles. The van der Waals surface area contributed by atoms with Crippen molar-refractivity contribution in [2.45, 2.75) is 10.9 Å². The molecule has 0 aliphatic heterocycles. The van der Waals surface area contributed by atoms with E-state index in [0.29, 0.717) is 33.3 Å². The van der Waals surface area contributed by atoms with E-state index in [0.717, 1.165) is 0 Å². The smallest absolute Gasteiger partial charge is 0.261 e. The number of hydrogen-bond acceptors (Lipinski definition) is 8. The molecule has 0 aliphatic carbocycles. The highest BCUT2D eigenvalue weighted by atomic mass is 32.2. The zero-order valence-corrected chi connectivity index (χ0v) is 16.2. The molecular weight excluding hydrogens is 393 g/mol. The quantitative estimate of drug-likeness (QED) is 0.382. The fourth-order valence-electron chi connectivity index (χ4n) is 2.68. The number of para-hydroxylation sites is 1. The molecule has 2 aromatic carbocycles. The molecule has 0 radical (unpaired) electrons. The van der Waals surface area contributed by atoms with Crippen LogP contribution in [0.3, 0.4) is 0 Å². The summed E-state index contributed by atoms with van der Waals surface area (Å²) in [6.07, 6.45) is 0. The van der Waals surface area contributed by atoms with Crippen LogP contribution >= 0.6 is 11.8 Å². The SMILES string of the molecule is Cn1c(SCc2nc(N)nc(Nc3ccc(F)cc3)n2)nc2ccccc2c1=O. The summed E-state index contributed by atoms with van der Waals surface area (Å²) in [5, 5.41) is 4.07. The molecule has 0 fully saturated rings. The topological polar surface area (TPSA) is 112 Å². The lowest BCUT2D eigenvalue weighted by molar-refractivity contribution is 0.628. The lowest BCUT2D eigenvalue weighted by Gasteiger charge is -2.09. The van der Waals surface area contributed by atoms with Crippen molar-refractivity contribution >= 4 is 40.2 Å². The monoisotopic (exact) mass is 409 g/mol. The van der Waals surface area contributed by atoms with E-state index in [1.807, 2.05) is 12.1 Å². The van der Waals surface area contributed by atoms with Gasteiger partial charge >= 0.3 is 0 Å². The van der Waals surface area contributed by atoms with Crippen molar-refractivity contribution in [1.29, 1.82) is 0 Å². The molecule has 4 aromatic rings. The number of nitrogen functional groups attached to an aromatic ring is 1. The predicted molar refractivity (Wildman–Crippen MR) is 110 cm³/mol. The normalized spacial score (nSPS) is 11.0. The summed E-state index contributed by atoms with van der Waals surface area (Å²) in [5.74, 6) is 0.732. The van der Waals surface area contributed by atoms with Gasteiger partial charge in [0.15, 0.2) is 5.16 Å². The van der Waals surface area contributed by atoms with Gasteiger partial charge in [-0.05, 0) is 36.4 Å². The molecule has 0 unspecified atom stereocenters. The van der Waals surface area contributed by atoms with Crippen molar-refractivity contribution in [2.75, 3.05) is 11.1 Å². The zero-order chi connectivity index (χ0) is 20.4. The van der Waals surface area contributed by atoms with E-state index >= 15 is 0 Å². The average Bonchev–Trinajstić information content (AvgIpc) is 2.71. The second-order valence-corrected chi connectivity index (χ2v) is 7.07. The fourth-order valence-corrected chi connectivity index (χ4v) is 3.50. The summed E-state index contributed by atoms with van der Waals surface area (Å²) >= 11 is 1.32. The zero-order valence-electron chi connectivity index (χ0n) is 15.3. The number of nitrogens with one attached hydrogen (secondary N) is 1. The van der Waals surface area contributed by atoms with Crippen LogP contribution in [-0.2, 0) is 12.8 Å². The van der Waals surface area contributed by atoms with Gasteiger partial charge in [-0.15, -0.1) is 0 Å². The molecule has 0 bridgehead atoms. The van der Waals surface area contributed by atoms with Crippen molar-refractivity contribution in [3.05, 3.63) is 70.5 Å². The van der Waals surface area contributed by atoms with Crippen LogP contribution in [0.5, 0.6) is 0 Å². The summed E-state index contributed by atoms with van der Waals surface area (Å²) in [5.41, 5.74) is 6.92. The molecule has 3 N–H and O–H groups in total. The lowest BCUT2D eigenvalue weighted by atomic mass is 10.2. The molecule has 0 amide bonds. The van der Waals surface area contributed by atoms with Gasteiger partial charge in [0.05, 0.1) is 16.7 Å². The number of rotatable bonds is 5. The maximum absolute atomic E-state index is 13.1. The van der Waals surface area contributed by atoms with Crippen LogP contribution in [0.2, 0.25) is 0 Å². The maximum atomic E-state index is 13.1. The van der Waals surface area contributed by atoms with E-state index in [9.17, 15) is 9.18 Å². The van der Waals surface area contributed by atoms with E-state index in [1.54, 1.807) is 31.3 Å². The molecule has 2 heterocycles. The number of benzene rings is 2. The molecule has 2 aromatic heterocycles. The minimum atomic E-state index is -0.337. The van der Waals surface area contributed by atoms with Crippen molar-refractivity contribution < 1.29 is 4.39 Å². The minimum Gasteiger partial charge on any atom is -0.368 e. The molecule has 29 heavy (non-hydrogen) atoms. The minimum absolute atomic E-state index is 0.0561. The molecule has 10 heteroatoms. The third-order valence-corrected chi connectivity index (χ3v) is 5.10. The second-order valence-electron chi connectivity index (χ2n) is 6.13. The van der Waals surface area contributed by atoms with E-state index in [-0.39, 0.29) is 23.3 Å². The maximum Gasteiger partial charge on any atom is 0.261 e. The molecule has 0 saturated carbocycles. The number of aromatic nitrogens is 5.